The number of thiophene rings is 1. The van der Waals surface area contributed by atoms with Crippen molar-refractivity contribution in [1.82, 2.24) is 5.43 Å². The summed E-state index contributed by atoms with van der Waals surface area (Å²) in [5.74, 6) is 0.588. The van der Waals surface area contributed by atoms with Crippen LogP contribution >= 0.6 is 11.3 Å². The van der Waals surface area contributed by atoms with Gasteiger partial charge in [0.05, 0.1) is 24.3 Å². The number of fused-ring (bicyclic) bond motifs is 1. The number of morpholine rings is 1. The first-order chi connectivity index (χ1) is 13.2. The summed E-state index contributed by atoms with van der Waals surface area (Å²) in [5, 5.41) is 4.13. The van der Waals surface area contributed by atoms with Crippen molar-refractivity contribution in [2.24, 2.45) is 11.0 Å². The summed E-state index contributed by atoms with van der Waals surface area (Å²) < 4.78 is 5.39. The Bertz CT molecular complexity index is 822. The van der Waals surface area contributed by atoms with Gasteiger partial charge in [0.2, 0.25) is 0 Å². The van der Waals surface area contributed by atoms with Crippen LogP contribution in [0.1, 0.15) is 39.0 Å². The lowest BCUT2D eigenvalue weighted by Gasteiger charge is -2.28. The van der Waals surface area contributed by atoms with Gasteiger partial charge in [0.1, 0.15) is 0 Å². The van der Waals surface area contributed by atoms with Crippen molar-refractivity contribution in [3.63, 3.8) is 0 Å². The molecule has 2 aliphatic rings. The fraction of sp³-hybridized carbons (Fsp3) is 0.429. The molecule has 0 spiro atoms. The van der Waals surface area contributed by atoms with Gasteiger partial charge in [-0.25, -0.2) is 5.43 Å². The normalized spacial score (nSPS) is 19.9. The Kier molecular flexibility index (Phi) is 5.55. The van der Waals surface area contributed by atoms with Gasteiger partial charge in [0, 0.05) is 23.7 Å². The van der Waals surface area contributed by atoms with E-state index in [4.69, 9.17) is 4.74 Å². The summed E-state index contributed by atoms with van der Waals surface area (Å²) in [6.45, 7) is 5.68. The molecule has 0 radical (unpaired) electrons. The second-order valence-electron chi connectivity index (χ2n) is 7.30. The number of hydrogen-bond acceptors (Lipinski definition) is 5. The average Bonchev–Trinajstić information content (AvgIpc) is 3.12. The van der Waals surface area contributed by atoms with Crippen molar-refractivity contribution in [1.29, 1.82) is 0 Å². The largest absolute Gasteiger partial charge is 0.378 e. The van der Waals surface area contributed by atoms with E-state index < -0.39 is 0 Å². The molecule has 1 N–H and O–H groups in total. The molecular formula is C21H25N3O2S. The number of rotatable bonds is 4. The third-order valence-electron chi connectivity index (χ3n) is 5.20. The lowest BCUT2D eigenvalue weighted by molar-refractivity contribution is 0.0959. The molecule has 0 bridgehead atoms. The van der Waals surface area contributed by atoms with E-state index >= 15 is 0 Å². The molecule has 2 heterocycles. The quantitative estimate of drug-likeness (QED) is 0.650. The first kappa shape index (κ1) is 18.2. The molecule has 1 amide bonds. The summed E-state index contributed by atoms with van der Waals surface area (Å²) in [6, 6.07) is 10.3. The van der Waals surface area contributed by atoms with Gasteiger partial charge in [-0.3, -0.25) is 4.79 Å². The lowest BCUT2D eigenvalue weighted by atomic mass is 9.90. The lowest BCUT2D eigenvalue weighted by Crippen LogP contribution is -2.36. The smallest absolute Gasteiger partial charge is 0.281 e. The van der Waals surface area contributed by atoms with Crippen molar-refractivity contribution >= 4 is 29.1 Å². The van der Waals surface area contributed by atoms with Crippen LogP contribution in [0.25, 0.3) is 0 Å². The van der Waals surface area contributed by atoms with E-state index in [2.05, 4.69) is 34.5 Å². The molecule has 6 heteroatoms. The van der Waals surface area contributed by atoms with E-state index in [0.29, 0.717) is 5.92 Å². The second-order valence-corrected chi connectivity index (χ2v) is 8.43. The maximum absolute atomic E-state index is 12.4. The molecule has 0 saturated carbocycles. The molecule has 1 aromatic carbocycles. The fourth-order valence-electron chi connectivity index (χ4n) is 3.63. The Morgan fingerprint density at radius 2 is 2.07 bits per heavy atom. The molecule has 1 aliphatic carbocycles. The molecule has 4 rings (SSSR count). The predicted octanol–water partition coefficient (Wildman–Crippen LogP) is 3.47. The van der Waals surface area contributed by atoms with Crippen LogP contribution in [0.5, 0.6) is 0 Å². The Morgan fingerprint density at radius 1 is 1.30 bits per heavy atom. The fourth-order valence-corrected chi connectivity index (χ4v) is 4.73. The van der Waals surface area contributed by atoms with Gasteiger partial charge in [-0.1, -0.05) is 19.1 Å². The highest BCUT2D eigenvalue weighted by molar-refractivity contribution is 7.14. The number of nitrogens with zero attached hydrogens (tertiary/aromatic N) is 2. The van der Waals surface area contributed by atoms with Crippen LogP contribution in [0.15, 0.2) is 35.4 Å². The summed E-state index contributed by atoms with van der Waals surface area (Å²) >= 11 is 1.61. The number of anilines is 1. The van der Waals surface area contributed by atoms with Crippen LogP contribution in [0.4, 0.5) is 5.69 Å². The first-order valence-corrected chi connectivity index (χ1v) is 10.4. The average molecular weight is 384 g/mol. The SMILES string of the molecule is C[C@@H]1CCc2sc(C(=O)N/N=C\c3ccc(N4CCOCC4)cc3)cc2C1. The van der Waals surface area contributed by atoms with Crippen LogP contribution < -0.4 is 10.3 Å². The Morgan fingerprint density at radius 3 is 2.85 bits per heavy atom. The van der Waals surface area contributed by atoms with Gasteiger partial charge in [0.15, 0.2) is 0 Å². The third kappa shape index (κ3) is 4.39. The predicted molar refractivity (Wildman–Crippen MR) is 110 cm³/mol. The van der Waals surface area contributed by atoms with Crippen LogP contribution in [-0.4, -0.2) is 38.4 Å². The van der Waals surface area contributed by atoms with Crippen molar-refractivity contribution in [2.45, 2.75) is 26.2 Å². The van der Waals surface area contributed by atoms with E-state index in [1.165, 1.54) is 22.5 Å². The van der Waals surface area contributed by atoms with Crippen LogP contribution in [-0.2, 0) is 17.6 Å². The minimum absolute atomic E-state index is 0.122. The molecule has 0 unspecified atom stereocenters. The summed E-state index contributed by atoms with van der Waals surface area (Å²) in [6.07, 6.45) is 5.08. The number of hydrogen-bond donors (Lipinski definition) is 1. The van der Waals surface area contributed by atoms with Crippen molar-refractivity contribution in [2.75, 3.05) is 31.2 Å². The Balaban J connectivity index is 1.34. The summed E-state index contributed by atoms with van der Waals surface area (Å²) in [4.78, 5) is 16.8. The topological polar surface area (TPSA) is 53.9 Å². The number of hydrazone groups is 1. The minimum Gasteiger partial charge on any atom is -0.378 e. The third-order valence-corrected chi connectivity index (χ3v) is 6.44. The van der Waals surface area contributed by atoms with Crippen molar-refractivity contribution in [3.05, 3.63) is 51.2 Å². The molecule has 142 valence electrons. The van der Waals surface area contributed by atoms with Crippen LogP contribution in [0, 0.1) is 5.92 Å². The number of benzene rings is 1. The number of aryl methyl sites for hydroxylation is 1. The highest BCUT2D eigenvalue weighted by Gasteiger charge is 2.20. The molecule has 5 nitrogen and oxygen atoms in total. The van der Waals surface area contributed by atoms with Crippen LogP contribution in [0.2, 0.25) is 0 Å². The molecule has 1 saturated heterocycles. The molecule has 27 heavy (non-hydrogen) atoms. The molecule has 1 aromatic heterocycles. The van der Waals surface area contributed by atoms with Crippen LogP contribution in [0.3, 0.4) is 0 Å². The van der Waals surface area contributed by atoms with E-state index in [1.54, 1.807) is 17.6 Å². The number of amides is 1. The standard InChI is InChI=1S/C21H25N3O2S/c1-15-2-7-19-17(12-15)13-20(27-19)21(25)23-22-14-16-3-5-18(6-4-16)24-8-10-26-11-9-24/h3-6,13-15H,2,7-12H2,1H3,(H,23,25)/b22-14-/t15-/m1/s1. The zero-order valence-electron chi connectivity index (χ0n) is 15.6. The van der Waals surface area contributed by atoms with Gasteiger partial charge in [-0.05, 0) is 54.5 Å². The van der Waals surface area contributed by atoms with E-state index in [0.717, 1.165) is 49.6 Å². The van der Waals surface area contributed by atoms with E-state index in [1.807, 2.05) is 18.2 Å². The monoisotopic (exact) mass is 383 g/mol. The van der Waals surface area contributed by atoms with E-state index in [9.17, 15) is 4.79 Å². The molecule has 1 atom stereocenters. The number of ether oxygens (including phenoxy) is 1. The zero-order valence-corrected chi connectivity index (χ0v) is 16.4. The maximum atomic E-state index is 12.4. The first-order valence-electron chi connectivity index (χ1n) is 9.57. The van der Waals surface area contributed by atoms with Crippen molar-refractivity contribution in [3.8, 4) is 0 Å². The van der Waals surface area contributed by atoms with Gasteiger partial charge in [0.25, 0.3) is 5.91 Å². The molecule has 2 aromatic rings. The molecular weight excluding hydrogens is 358 g/mol. The van der Waals surface area contributed by atoms with E-state index in [-0.39, 0.29) is 5.91 Å². The minimum atomic E-state index is -0.122. The summed E-state index contributed by atoms with van der Waals surface area (Å²) in [7, 11) is 0. The Labute approximate surface area is 164 Å². The molecule has 1 aliphatic heterocycles. The van der Waals surface area contributed by atoms with Crippen molar-refractivity contribution < 1.29 is 9.53 Å². The maximum Gasteiger partial charge on any atom is 0.281 e. The Hall–Kier alpha value is -2.18. The highest BCUT2D eigenvalue weighted by Crippen LogP contribution is 2.32. The van der Waals surface area contributed by atoms with Gasteiger partial charge in [-0.15, -0.1) is 11.3 Å². The van der Waals surface area contributed by atoms with Gasteiger partial charge in [-0.2, -0.15) is 5.10 Å². The van der Waals surface area contributed by atoms with Gasteiger partial charge < -0.3 is 9.64 Å². The summed E-state index contributed by atoms with van der Waals surface area (Å²) in [5.41, 5.74) is 6.16. The number of carbonyl (C=O) groups excluding carboxylic acids is 1. The molecule has 1 fully saturated rings. The number of nitrogens with one attached hydrogen (secondary N) is 1. The second kappa shape index (κ2) is 8.23. The highest BCUT2D eigenvalue weighted by atomic mass is 32.1. The number of carbonyl (C=O) groups is 1. The van der Waals surface area contributed by atoms with Gasteiger partial charge >= 0.3 is 0 Å². The zero-order chi connectivity index (χ0) is 18.6.